The lowest BCUT2D eigenvalue weighted by atomic mass is 10.1. The van der Waals surface area contributed by atoms with Gasteiger partial charge in [0, 0.05) is 28.4 Å². The second kappa shape index (κ2) is 7.16. The molecule has 0 fully saturated rings. The lowest BCUT2D eigenvalue weighted by molar-refractivity contribution is -0.116. The van der Waals surface area contributed by atoms with E-state index >= 15 is 0 Å². The number of nitrogens with zero attached hydrogens (tertiary/aromatic N) is 3. The molecular weight excluding hydrogens is 312 g/mol. The van der Waals surface area contributed by atoms with Crippen LogP contribution in [0.15, 0.2) is 66.4 Å². The van der Waals surface area contributed by atoms with E-state index in [1.54, 1.807) is 6.20 Å². The highest BCUT2D eigenvalue weighted by atomic mass is 16.1. The van der Waals surface area contributed by atoms with Gasteiger partial charge in [-0.3, -0.25) is 4.79 Å². The van der Waals surface area contributed by atoms with Crippen molar-refractivity contribution in [1.82, 2.24) is 4.57 Å². The fraction of sp³-hybridized carbons (Fsp3) is 0.0500. The molecule has 0 aliphatic rings. The van der Waals surface area contributed by atoms with Crippen molar-refractivity contribution in [3.8, 4) is 12.1 Å². The van der Waals surface area contributed by atoms with Crippen LogP contribution >= 0.6 is 0 Å². The smallest absolute Gasteiger partial charge is 0.244 e. The summed E-state index contributed by atoms with van der Waals surface area (Å²) in [5.74, 6) is -0.150. The number of para-hydroxylation sites is 2. The third-order valence-electron chi connectivity index (χ3n) is 3.73. The van der Waals surface area contributed by atoms with E-state index < -0.39 is 0 Å². The molecule has 0 saturated carbocycles. The predicted molar refractivity (Wildman–Crippen MR) is 96.2 cm³/mol. The van der Waals surface area contributed by atoms with Crippen molar-refractivity contribution >= 4 is 28.6 Å². The van der Waals surface area contributed by atoms with Crippen molar-refractivity contribution in [2.45, 2.75) is 6.54 Å². The summed E-state index contributed by atoms with van der Waals surface area (Å²) in [5.41, 5.74) is 2.37. The average Bonchev–Trinajstić information content (AvgIpc) is 2.98. The molecule has 1 amide bonds. The van der Waals surface area contributed by atoms with Crippen LogP contribution in [0.5, 0.6) is 0 Å². The van der Waals surface area contributed by atoms with Crippen LogP contribution in [0, 0.1) is 22.7 Å². The molecule has 0 atom stereocenters. The SMILES string of the molecule is N#CC(C#N)=Cc1cn(CC(=O)Nc2ccccc2)c2ccccc12. The monoisotopic (exact) mass is 326 g/mol. The van der Waals surface area contributed by atoms with E-state index in [-0.39, 0.29) is 18.0 Å². The number of anilines is 1. The molecule has 0 spiro atoms. The molecule has 2 aromatic carbocycles. The number of allylic oxidation sites excluding steroid dienone is 1. The van der Waals surface area contributed by atoms with Crippen molar-refractivity contribution in [3.05, 3.63) is 71.9 Å². The van der Waals surface area contributed by atoms with Gasteiger partial charge in [0.05, 0.1) is 0 Å². The minimum absolute atomic E-state index is 0.0247. The first-order valence-corrected chi connectivity index (χ1v) is 7.66. The Morgan fingerprint density at radius 3 is 2.44 bits per heavy atom. The molecule has 0 unspecified atom stereocenters. The number of aromatic nitrogens is 1. The lowest BCUT2D eigenvalue weighted by Crippen LogP contribution is -2.18. The first kappa shape index (κ1) is 16.0. The summed E-state index contributed by atoms with van der Waals surface area (Å²) in [6, 6.07) is 20.5. The molecule has 0 aliphatic carbocycles. The number of rotatable bonds is 4. The zero-order valence-corrected chi connectivity index (χ0v) is 13.3. The molecule has 5 nitrogen and oxygen atoms in total. The third kappa shape index (κ3) is 3.57. The molecule has 3 aromatic rings. The fourth-order valence-electron chi connectivity index (χ4n) is 2.64. The fourth-order valence-corrected chi connectivity index (χ4v) is 2.64. The zero-order chi connectivity index (χ0) is 17.6. The van der Waals surface area contributed by atoms with E-state index in [1.807, 2.05) is 71.3 Å². The first-order chi connectivity index (χ1) is 12.2. The summed E-state index contributed by atoms with van der Waals surface area (Å²) in [4.78, 5) is 12.3. The Balaban J connectivity index is 1.92. The quantitative estimate of drug-likeness (QED) is 0.742. The van der Waals surface area contributed by atoms with Gasteiger partial charge in [0.25, 0.3) is 0 Å². The van der Waals surface area contributed by atoms with Gasteiger partial charge in [-0.05, 0) is 24.3 Å². The molecule has 25 heavy (non-hydrogen) atoms. The van der Waals surface area contributed by atoms with E-state index in [0.717, 1.165) is 22.2 Å². The zero-order valence-electron chi connectivity index (χ0n) is 13.3. The molecule has 5 heteroatoms. The van der Waals surface area contributed by atoms with Gasteiger partial charge in [-0.15, -0.1) is 0 Å². The average molecular weight is 326 g/mol. The number of fused-ring (bicyclic) bond motifs is 1. The van der Waals surface area contributed by atoms with Gasteiger partial charge in [0.1, 0.15) is 24.3 Å². The predicted octanol–water partition coefficient (Wildman–Crippen LogP) is 3.71. The number of benzene rings is 2. The Morgan fingerprint density at radius 2 is 1.72 bits per heavy atom. The number of nitrogens with one attached hydrogen (secondary N) is 1. The van der Waals surface area contributed by atoms with Crippen molar-refractivity contribution < 1.29 is 4.79 Å². The Labute approximate surface area is 145 Å². The third-order valence-corrected chi connectivity index (χ3v) is 3.73. The molecule has 1 heterocycles. The van der Waals surface area contributed by atoms with E-state index in [4.69, 9.17) is 10.5 Å². The summed E-state index contributed by atoms with van der Waals surface area (Å²) >= 11 is 0. The summed E-state index contributed by atoms with van der Waals surface area (Å²) in [7, 11) is 0. The summed E-state index contributed by atoms with van der Waals surface area (Å²) in [5, 5.41) is 21.7. The largest absolute Gasteiger partial charge is 0.337 e. The van der Waals surface area contributed by atoms with Gasteiger partial charge in [-0.1, -0.05) is 36.4 Å². The standard InChI is InChI=1S/C20H14N4O/c21-11-15(12-22)10-16-13-24(19-9-5-4-8-18(16)19)14-20(25)23-17-6-2-1-3-7-17/h1-10,13H,14H2,(H,23,25). The van der Waals surface area contributed by atoms with Crippen molar-refractivity contribution in [1.29, 1.82) is 10.5 Å². The maximum Gasteiger partial charge on any atom is 0.244 e. The molecule has 0 saturated heterocycles. The number of nitriles is 2. The van der Waals surface area contributed by atoms with Gasteiger partial charge < -0.3 is 9.88 Å². The van der Waals surface area contributed by atoms with Gasteiger partial charge in [-0.2, -0.15) is 10.5 Å². The van der Waals surface area contributed by atoms with Gasteiger partial charge in [-0.25, -0.2) is 0 Å². The van der Waals surface area contributed by atoms with Crippen LogP contribution in [0.25, 0.3) is 17.0 Å². The number of hydrogen-bond donors (Lipinski definition) is 1. The van der Waals surface area contributed by atoms with Gasteiger partial charge >= 0.3 is 0 Å². The van der Waals surface area contributed by atoms with Crippen LogP contribution in [0.2, 0.25) is 0 Å². The second-order valence-corrected chi connectivity index (χ2v) is 5.43. The number of hydrogen-bond acceptors (Lipinski definition) is 3. The van der Waals surface area contributed by atoms with Crippen molar-refractivity contribution in [3.63, 3.8) is 0 Å². The Bertz CT molecular complexity index is 1020. The molecule has 0 radical (unpaired) electrons. The summed E-state index contributed by atoms with van der Waals surface area (Å²) < 4.78 is 1.81. The van der Waals surface area contributed by atoms with E-state index in [1.165, 1.54) is 6.08 Å². The van der Waals surface area contributed by atoms with Crippen LogP contribution in [0.4, 0.5) is 5.69 Å². The molecular formula is C20H14N4O. The highest BCUT2D eigenvalue weighted by Crippen LogP contribution is 2.23. The molecule has 1 N–H and O–H groups in total. The van der Waals surface area contributed by atoms with Crippen molar-refractivity contribution in [2.75, 3.05) is 5.32 Å². The van der Waals surface area contributed by atoms with E-state index in [9.17, 15) is 4.79 Å². The Kier molecular flexibility index (Phi) is 4.60. The van der Waals surface area contributed by atoms with Crippen LogP contribution in [-0.2, 0) is 11.3 Å². The Hall–Kier alpha value is -3.83. The summed E-state index contributed by atoms with van der Waals surface area (Å²) in [6.45, 7) is 0.137. The van der Waals surface area contributed by atoms with Crippen LogP contribution in [0.1, 0.15) is 5.56 Å². The highest BCUT2D eigenvalue weighted by Gasteiger charge is 2.10. The number of amides is 1. The molecule has 1 aromatic heterocycles. The molecule has 3 rings (SSSR count). The van der Waals surface area contributed by atoms with Crippen molar-refractivity contribution in [2.24, 2.45) is 0 Å². The first-order valence-electron chi connectivity index (χ1n) is 7.66. The van der Waals surface area contributed by atoms with E-state index in [0.29, 0.717) is 0 Å². The second-order valence-electron chi connectivity index (χ2n) is 5.43. The summed E-state index contributed by atoms with van der Waals surface area (Å²) in [6.07, 6.45) is 3.32. The van der Waals surface area contributed by atoms with Crippen LogP contribution in [0.3, 0.4) is 0 Å². The normalized spacial score (nSPS) is 9.84. The maximum absolute atomic E-state index is 12.3. The number of carbonyl (C=O) groups excluding carboxylic acids is 1. The minimum atomic E-state index is -0.150. The van der Waals surface area contributed by atoms with Gasteiger partial charge in [0.15, 0.2) is 0 Å². The topological polar surface area (TPSA) is 81.6 Å². The number of carbonyl (C=O) groups is 1. The minimum Gasteiger partial charge on any atom is -0.337 e. The van der Waals surface area contributed by atoms with Gasteiger partial charge in [0.2, 0.25) is 5.91 Å². The van der Waals surface area contributed by atoms with E-state index in [2.05, 4.69) is 5.32 Å². The molecule has 0 bridgehead atoms. The van der Waals surface area contributed by atoms with Crippen LogP contribution < -0.4 is 5.32 Å². The molecule has 0 aliphatic heterocycles. The van der Waals surface area contributed by atoms with Crippen LogP contribution in [-0.4, -0.2) is 10.5 Å². The highest BCUT2D eigenvalue weighted by molar-refractivity contribution is 5.94. The Morgan fingerprint density at radius 1 is 1.04 bits per heavy atom. The lowest BCUT2D eigenvalue weighted by Gasteiger charge is -2.07. The molecule has 120 valence electrons. The maximum atomic E-state index is 12.3.